The molecule has 1 aliphatic rings. The summed E-state index contributed by atoms with van der Waals surface area (Å²) in [6.07, 6.45) is -3.42. The third kappa shape index (κ3) is 1.98. The molecule has 13 heavy (non-hydrogen) atoms. The standard InChI is InChI=1S/C7H15NO5/c9-1-3-6(12)7(13)5(8-3)4(11)2-10/h3-13H,1-2H2/t3-,4-,5-,6-,7-/m0/s1. The monoisotopic (exact) mass is 193 g/mol. The highest BCUT2D eigenvalue weighted by Crippen LogP contribution is 2.16. The zero-order valence-electron chi connectivity index (χ0n) is 7.04. The van der Waals surface area contributed by atoms with Crippen LogP contribution in [0.1, 0.15) is 0 Å². The second-order valence-electron chi connectivity index (χ2n) is 3.21. The summed E-state index contributed by atoms with van der Waals surface area (Å²) in [5, 5.41) is 47.9. The van der Waals surface area contributed by atoms with Crippen LogP contribution in [0.15, 0.2) is 0 Å². The van der Waals surface area contributed by atoms with Crippen molar-refractivity contribution < 1.29 is 25.5 Å². The SMILES string of the molecule is OC[C@@H]1N[C@@H]([C@@H](O)CO)[C@H](O)[C@H]1O. The summed E-state index contributed by atoms with van der Waals surface area (Å²) in [6, 6.07) is -1.45. The summed E-state index contributed by atoms with van der Waals surface area (Å²) in [5.74, 6) is 0. The largest absolute Gasteiger partial charge is 0.395 e. The summed E-state index contributed by atoms with van der Waals surface area (Å²) in [7, 11) is 0. The summed E-state index contributed by atoms with van der Waals surface area (Å²) in [5.41, 5.74) is 0. The predicted molar refractivity (Wildman–Crippen MR) is 42.9 cm³/mol. The van der Waals surface area contributed by atoms with E-state index in [2.05, 4.69) is 5.32 Å². The molecule has 78 valence electrons. The number of nitrogens with one attached hydrogen (secondary N) is 1. The van der Waals surface area contributed by atoms with Crippen molar-refractivity contribution in [3.05, 3.63) is 0 Å². The van der Waals surface area contributed by atoms with Gasteiger partial charge in [0.1, 0.15) is 0 Å². The van der Waals surface area contributed by atoms with Crippen molar-refractivity contribution in [2.45, 2.75) is 30.4 Å². The quantitative estimate of drug-likeness (QED) is 0.276. The summed E-state index contributed by atoms with van der Waals surface area (Å²) in [4.78, 5) is 0. The number of aliphatic hydroxyl groups excluding tert-OH is 5. The third-order valence-electron chi connectivity index (χ3n) is 2.33. The molecule has 1 fully saturated rings. The molecule has 1 rings (SSSR count). The molecule has 0 spiro atoms. The van der Waals surface area contributed by atoms with Gasteiger partial charge >= 0.3 is 0 Å². The Morgan fingerprint density at radius 1 is 1.15 bits per heavy atom. The average molecular weight is 193 g/mol. The number of rotatable bonds is 3. The molecule has 0 radical (unpaired) electrons. The van der Waals surface area contributed by atoms with Crippen LogP contribution in [0.25, 0.3) is 0 Å². The summed E-state index contributed by atoms with van der Waals surface area (Å²) >= 11 is 0. The maximum Gasteiger partial charge on any atom is 0.0994 e. The van der Waals surface area contributed by atoms with Crippen molar-refractivity contribution in [3.63, 3.8) is 0 Å². The maximum absolute atomic E-state index is 9.37. The topological polar surface area (TPSA) is 113 Å². The third-order valence-corrected chi connectivity index (χ3v) is 2.33. The van der Waals surface area contributed by atoms with E-state index >= 15 is 0 Å². The van der Waals surface area contributed by atoms with E-state index < -0.39 is 37.0 Å². The van der Waals surface area contributed by atoms with E-state index in [4.69, 9.17) is 10.2 Å². The Bertz CT molecular complexity index is 167. The lowest BCUT2D eigenvalue weighted by molar-refractivity contribution is -0.0150. The molecular weight excluding hydrogens is 178 g/mol. The second-order valence-corrected chi connectivity index (χ2v) is 3.21. The zero-order valence-corrected chi connectivity index (χ0v) is 7.04. The van der Waals surface area contributed by atoms with Gasteiger partial charge in [-0.3, -0.25) is 0 Å². The number of aliphatic hydroxyl groups is 5. The van der Waals surface area contributed by atoms with Crippen LogP contribution in [0.2, 0.25) is 0 Å². The summed E-state index contributed by atoms with van der Waals surface area (Å²) in [6.45, 7) is -0.827. The molecule has 0 saturated carbocycles. The number of hydrogen-bond donors (Lipinski definition) is 6. The van der Waals surface area contributed by atoms with Crippen molar-refractivity contribution in [2.75, 3.05) is 13.2 Å². The van der Waals surface area contributed by atoms with Crippen LogP contribution in [0.3, 0.4) is 0 Å². The van der Waals surface area contributed by atoms with Gasteiger partial charge in [-0.05, 0) is 0 Å². The molecular formula is C7H15NO5. The molecule has 1 aliphatic heterocycles. The van der Waals surface area contributed by atoms with Gasteiger partial charge in [0.2, 0.25) is 0 Å². The van der Waals surface area contributed by atoms with Crippen molar-refractivity contribution in [3.8, 4) is 0 Å². The normalized spacial score (nSPS) is 42.2. The van der Waals surface area contributed by atoms with Crippen LogP contribution in [0, 0.1) is 0 Å². The fourth-order valence-electron chi connectivity index (χ4n) is 1.51. The van der Waals surface area contributed by atoms with Crippen molar-refractivity contribution >= 4 is 0 Å². The van der Waals surface area contributed by atoms with Gasteiger partial charge in [-0.2, -0.15) is 0 Å². The molecule has 1 saturated heterocycles. The first-order chi connectivity index (χ1) is 6.11. The molecule has 6 nitrogen and oxygen atoms in total. The molecule has 0 aromatic heterocycles. The number of hydrogen-bond acceptors (Lipinski definition) is 6. The van der Waals surface area contributed by atoms with Crippen LogP contribution in [-0.4, -0.2) is 69.1 Å². The molecule has 0 unspecified atom stereocenters. The molecule has 1 heterocycles. The molecule has 0 amide bonds. The van der Waals surface area contributed by atoms with Gasteiger partial charge in [0.05, 0.1) is 43.6 Å². The Morgan fingerprint density at radius 3 is 2.15 bits per heavy atom. The molecule has 0 bridgehead atoms. The first-order valence-corrected chi connectivity index (χ1v) is 4.13. The molecule has 0 aliphatic carbocycles. The van der Waals surface area contributed by atoms with Gasteiger partial charge in [0.25, 0.3) is 0 Å². The molecule has 6 heteroatoms. The maximum atomic E-state index is 9.37. The summed E-state index contributed by atoms with van der Waals surface area (Å²) < 4.78 is 0. The van der Waals surface area contributed by atoms with Crippen LogP contribution in [0.5, 0.6) is 0 Å². The van der Waals surface area contributed by atoms with Crippen molar-refractivity contribution in [1.29, 1.82) is 0 Å². The first-order valence-electron chi connectivity index (χ1n) is 4.13. The predicted octanol–water partition coefficient (Wildman–Crippen LogP) is -3.61. The lowest BCUT2D eigenvalue weighted by atomic mass is 10.0. The molecule has 6 N–H and O–H groups in total. The zero-order chi connectivity index (χ0) is 10.0. The Morgan fingerprint density at radius 2 is 1.77 bits per heavy atom. The highest BCUT2D eigenvalue weighted by molar-refractivity contribution is 5.00. The minimum Gasteiger partial charge on any atom is -0.395 e. The van der Waals surface area contributed by atoms with Crippen molar-refractivity contribution in [1.82, 2.24) is 5.32 Å². The second kappa shape index (κ2) is 4.32. The van der Waals surface area contributed by atoms with E-state index in [1.165, 1.54) is 0 Å². The Kier molecular flexibility index (Phi) is 3.60. The highest BCUT2D eigenvalue weighted by Gasteiger charge is 2.43. The van der Waals surface area contributed by atoms with Gasteiger partial charge in [-0.1, -0.05) is 0 Å². The molecule has 0 aromatic carbocycles. The van der Waals surface area contributed by atoms with E-state index in [0.29, 0.717) is 0 Å². The van der Waals surface area contributed by atoms with Crippen LogP contribution in [0.4, 0.5) is 0 Å². The minimum atomic E-state index is -1.17. The van der Waals surface area contributed by atoms with E-state index in [1.54, 1.807) is 0 Å². The molecule has 0 aromatic rings. The van der Waals surface area contributed by atoms with Gasteiger partial charge in [0, 0.05) is 0 Å². The van der Waals surface area contributed by atoms with Crippen molar-refractivity contribution in [2.24, 2.45) is 0 Å². The highest BCUT2D eigenvalue weighted by atomic mass is 16.3. The van der Waals surface area contributed by atoms with Gasteiger partial charge in [-0.15, -0.1) is 0 Å². The lowest BCUT2D eigenvalue weighted by Gasteiger charge is -2.19. The van der Waals surface area contributed by atoms with E-state index in [9.17, 15) is 15.3 Å². The van der Waals surface area contributed by atoms with Crippen LogP contribution < -0.4 is 5.32 Å². The fourth-order valence-corrected chi connectivity index (χ4v) is 1.51. The van der Waals surface area contributed by atoms with E-state index in [-0.39, 0.29) is 6.61 Å². The average Bonchev–Trinajstić information content (AvgIpc) is 2.43. The molecule has 5 atom stereocenters. The van der Waals surface area contributed by atoms with Crippen LogP contribution >= 0.6 is 0 Å². The van der Waals surface area contributed by atoms with E-state index in [0.717, 1.165) is 0 Å². The Hall–Kier alpha value is -0.240. The van der Waals surface area contributed by atoms with Gasteiger partial charge in [-0.25, -0.2) is 0 Å². The minimum absolute atomic E-state index is 0.327. The smallest absolute Gasteiger partial charge is 0.0994 e. The Labute approximate surface area is 75.4 Å². The lowest BCUT2D eigenvalue weighted by Crippen LogP contribution is -2.45. The first kappa shape index (κ1) is 10.8. The van der Waals surface area contributed by atoms with Crippen LogP contribution in [-0.2, 0) is 0 Å². The Balaban J connectivity index is 2.60. The fraction of sp³-hybridized carbons (Fsp3) is 1.00. The van der Waals surface area contributed by atoms with Gasteiger partial charge < -0.3 is 30.8 Å². The van der Waals surface area contributed by atoms with Gasteiger partial charge in [0.15, 0.2) is 0 Å². The van der Waals surface area contributed by atoms with E-state index in [1.807, 2.05) is 0 Å².